The fourth-order valence-electron chi connectivity index (χ4n) is 10.7. The van der Waals surface area contributed by atoms with E-state index >= 15 is 0 Å². The highest BCUT2D eigenvalue weighted by Gasteiger charge is 2.35. The zero-order valence-corrected chi connectivity index (χ0v) is 38.9. The van der Waals surface area contributed by atoms with E-state index in [1.165, 1.54) is 66.4 Å². The molecular formula is C66H46N4. The van der Waals surface area contributed by atoms with Crippen LogP contribution in [0.25, 0.3) is 117 Å². The first-order valence-electron chi connectivity index (χ1n) is 24.0. The topological polar surface area (TPSA) is 43.6 Å². The van der Waals surface area contributed by atoms with Crippen LogP contribution in [0.4, 0.5) is 0 Å². The van der Waals surface area contributed by atoms with E-state index < -0.39 is 0 Å². The summed E-state index contributed by atoms with van der Waals surface area (Å²) in [5, 5.41) is 2.41. The van der Waals surface area contributed by atoms with E-state index in [-0.39, 0.29) is 5.41 Å². The van der Waals surface area contributed by atoms with Crippen molar-refractivity contribution >= 4 is 21.8 Å². The highest BCUT2D eigenvalue weighted by Crippen LogP contribution is 2.50. The lowest BCUT2D eigenvalue weighted by Crippen LogP contribution is -2.14. The minimum absolute atomic E-state index is 0.0904. The minimum atomic E-state index is -0.0904. The molecule has 0 bridgehead atoms. The fraction of sp³-hybridized carbons (Fsp3) is 0.0455. The van der Waals surface area contributed by atoms with Crippen molar-refractivity contribution in [1.29, 1.82) is 0 Å². The Kier molecular flexibility index (Phi) is 9.81. The van der Waals surface area contributed by atoms with Crippen molar-refractivity contribution in [2.45, 2.75) is 19.3 Å². The summed E-state index contributed by atoms with van der Waals surface area (Å²) in [6, 6.07) is 83.5. The van der Waals surface area contributed by atoms with E-state index in [0.29, 0.717) is 0 Å². The largest absolute Gasteiger partial charge is 0.309 e. The van der Waals surface area contributed by atoms with Crippen LogP contribution in [0.5, 0.6) is 0 Å². The second-order valence-corrected chi connectivity index (χ2v) is 18.9. The monoisotopic (exact) mass is 894 g/mol. The summed E-state index contributed by atoms with van der Waals surface area (Å²) in [5.41, 5.74) is 23.6. The molecular weight excluding hydrogens is 849 g/mol. The molecule has 0 N–H and O–H groups in total. The molecule has 0 atom stereocenters. The van der Waals surface area contributed by atoms with Crippen LogP contribution in [0.2, 0.25) is 0 Å². The number of aromatic nitrogens is 4. The predicted molar refractivity (Wildman–Crippen MR) is 290 cm³/mol. The highest BCUT2D eigenvalue weighted by atomic mass is 15.0. The van der Waals surface area contributed by atoms with Gasteiger partial charge in [0, 0.05) is 34.3 Å². The average Bonchev–Trinajstić information content (AvgIpc) is 3.88. The summed E-state index contributed by atoms with van der Waals surface area (Å²) in [6.45, 7) is 4.71. The van der Waals surface area contributed by atoms with Crippen LogP contribution in [0, 0.1) is 0 Å². The average molecular weight is 895 g/mol. The quantitative estimate of drug-likeness (QED) is 0.153. The third-order valence-electron chi connectivity index (χ3n) is 14.3. The second-order valence-electron chi connectivity index (χ2n) is 18.9. The Bertz CT molecular complexity index is 3820. The Balaban J connectivity index is 0.967. The third kappa shape index (κ3) is 7.12. The SMILES string of the molecule is CC1(C)c2ccccc2-c2ccc(-c3ccc4c(c3)c3cc(-c5ccc(-c6cc(-c7ccccn7)nc(-c7ccccn7)c6)cc5)ccc3n4-c3cc(-c4ccccc4)cc(-c4ccccc4)c3)cc21. The van der Waals surface area contributed by atoms with Crippen LogP contribution in [0.15, 0.2) is 243 Å². The fourth-order valence-corrected chi connectivity index (χ4v) is 10.7. The van der Waals surface area contributed by atoms with E-state index in [4.69, 9.17) is 4.98 Å². The summed E-state index contributed by atoms with van der Waals surface area (Å²) < 4.78 is 2.46. The molecule has 330 valence electrons. The van der Waals surface area contributed by atoms with Gasteiger partial charge in [0.15, 0.2) is 0 Å². The van der Waals surface area contributed by atoms with Gasteiger partial charge >= 0.3 is 0 Å². The Morgan fingerprint density at radius 2 is 0.757 bits per heavy atom. The molecule has 0 fully saturated rings. The van der Waals surface area contributed by atoms with E-state index in [0.717, 1.165) is 61.8 Å². The third-order valence-corrected chi connectivity index (χ3v) is 14.3. The van der Waals surface area contributed by atoms with E-state index in [1.54, 1.807) is 0 Å². The van der Waals surface area contributed by atoms with Gasteiger partial charge in [-0.25, -0.2) is 4.98 Å². The van der Waals surface area contributed by atoms with Gasteiger partial charge in [-0.3, -0.25) is 9.97 Å². The predicted octanol–water partition coefficient (Wildman–Crippen LogP) is 16.9. The molecule has 4 heterocycles. The molecule has 12 aromatic rings. The number of pyridine rings is 3. The van der Waals surface area contributed by atoms with E-state index in [2.05, 4.69) is 223 Å². The number of benzene rings is 8. The van der Waals surface area contributed by atoms with Gasteiger partial charge in [0.2, 0.25) is 0 Å². The molecule has 0 unspecified atom stereocenters. The van der Waals surface area contributed by atoms with Crippen molar-refractivity contribution in [2.75, 3.05) is 0 Å². The van der Waals surface area contributed by atoms with Crippen molar-refractivity contribution in [2.24, 2.45) is 0 Å². The number of fused-ring (bicyclic) bond motifs is 6. The van der Waals surface area contributed by atoms with Crippen molar-refractivity contribution in [3.05, 3.63) is 254 Å². The van der Waals surface area contributed by atoms with Crippen LogP contribution in [-0.2, 0) is 5.41 Å². The molecule has 8 aromatic carbocycles. The van der Waals surface area contributed by atoms with Gasteiger partial charge < -0.3 is 4.57 Å². The zero-order chi connectivity index (χ0) is 46.8. The lowest BCUT2D eigenvalue weighted by Gasteiger charge is -2.22. The van der Waals surface area contributed by atoms with Gasteiger partial charge in [0.1, 0.15) is 0 Å². The number of rotatable bonds is 8. The van der Waals surface area contributed by atoms with Crippen LogP contribution in [-0.4, -0.2) is 19.5 Å². The molecule has 0 aliphatic heterocycles. The Hall–Kier alpha value is -8.99. The highest BCUT2D eigenvalue weighted by molar-refractivity contribution is 6.12. The molecule has 0 spiro atoms. The standard InChI is InChI=1S/C66H46N4/c1-66(2)58-20-10-9-19-54(58)55-30-27-49(40-59(55)66)48-29-32-65-57(39-48)56-38-47(28-31-64(56)70(65)53-36-50(43-15-5-3-6-16-43)35-51(37-53)44-17-7-4-8-18-44)45-23-25-46(26-24-45)52-41-62(60-21-11-13-33-67-60)69-63(42-52)61-22-12-14-34-68-61/h3-42H,1-2H3. The van der Waals surface area contributed by atoms with Gasteiger partial charge in [-0.2, -0.15) is 0 Å². The summed E-state index contributed by atoms with van der Waals surface area (Å²) in [6.07, 6.45) is 3.62. The summed E-state index contributed by atoms with van der Waals surface area (Å²) in [5.74, 6) is 0. The van der Waals surface area contributed by atoms with Crippen molar-refractivity contribution in [3.63, 3.8) is 0 Å². The molecule has 0 saturated heterocycles. The second kappa shape index (κ2) is 16.7. The first-order valence-corrected chi connectivity index (χ1v) is 24.0. The number of hydrogen-bond acceptors (Lipinski definition) is 3. The molecule has 1 aliphatic carbocycles. The van der Waals surface area contributed by atoms with E-state index in [1.807, 2.05) is 48.8 Å². The van der Waals surface area contributed by atoms with Crippen molar-refractivity contribution in [3.8, 4) is 95.2 Å². The molecule has 0 radical (unpaired) electrons. The lowest BCUT2D eigenvalue weighted by molar-refractivity contribution is 0.660. The van der Waals surface area contributed by atoms with Gasteiger partial charge in [-0.1, -0.05) is 159 Å². The van der Waals surface area contributed by atoms with Gasteiger partial charge in [-0.15, -0.1) is 0 Å². The Morgan fingerprint density at radius 3 is 1.33 bits per heavy atom. The number of hydrogen-bond donors (Lipinski definition) is 0. The molecule has 0 amide bonds. The first kappa shape index (κ1) is 41.2. The maximum atomic E-state index is 5.01. The Labute approximate surface area is 407 Å². The van der Waals surface area contributed by atoms with Crippen LogP contribution < -0.4 is 0 Å². The summed E-state index contributed by atoms with van der Waals surface area (Å²) in [4.78, 5) is 14.3. The van der Waals surface area contributed by atoms with Crippen molar-refractivity contribution in [1.82, 2.24) is 19.5 Å². The number of nitrogens with zero attached hydrogens (tertiary/aromatic N) is 4. The maximum absolute atomic E-state index is 5.01. The van der Waals surface area contributed by atoms with Crippen LogP contribution in [0.1, 0.15) is 25.0 Å². The van der Waals surface area contributed by atoms with E-state index in [9.17, 15) is 0 Å². The zero-order valence-electron chi connectivity index (χ0n) is 38.9. The molecule has 13 rings (SSSR count). The van der Waals surface area contributed by atoms with Crippen LogP contribution in [0.3, 0.4) is 0 Å². The summed E-state index contributed by atoms with van der Waals surface area (Å²) >= 11 is 0. The van der Waals surface area contributed by atoms with Crippen LogP contribution >= 0.6 is 0 Å². The van der Waals surface area contributed by atoms with Crippen molar-refractivity contribution < 1.29 is 0 Å². The first-order chi connectivity index (χ1) is 34.4. The minimum Gasteiger partial charge on any atom is -0.309 e. The van der Waals surface area contributed by atoms with Gasteiger partial charge in [0.25, 0.3) is 0 Å². The summed E-state index contributed by atoms with van der Waals surface area (Å²) in [7, 11) is 0. The Morgan fingerprint density at radius 1 is 0.314 bits per heavy atom. The normalized spacial score (nSPS) is 12.5. The lowest BCUT2D eigenvalue weighted by atomic mass is 9.81. The van der Waals surface area contributed by atoms with Gasteiger partial charge in [-0.05, 0) is 163 Å². The molecule has 1 aliphatic rings. The molecule has 4 heteroatoms. The molecule has 70 heavy (non-hydrogen) atoms. The maximum Gasteiger partial charge on any atom is 0.0900 e. The molecule has 4 aromatic heterocycles. The smallest absolute Gasteiger partial charge is 0.0900 e. The molecule has 4 nitrogen and oxygen atoms in total. The van der Waals surface area contributed by atoms with Gasteiger partial charge in [0.05, 0.1) is 33.8 Å². The molecule has 0 saturated carbocycles.